The third kappa shape index (κ3) is 4.87. The molecule has 0 spiro atoms. The van der Waals surface area contributed by atoms with E-state index in [0.29, 0.717) is 5.56 Å². The molecule has 1 aromatic carbocycles. The molecule has 1 heterocycles. The summed E-state index contributed by atoms with van der Waals surface area (Å²) < 4.78 is 27.0. The Kier molecular flexibility index (Phi) is 5.46. The maximum Gasteiger partial charge on any atom is 0.251 e. The summed E-state index contributed by atoms with van der Waals surface area (Å²) in [6, 6.07) is 9.38. The van der Waals surface area contributed by atoms with Crippen molar-refractivity contribution in [2.24, 2.45) is 0 Å². The van der Waals surface area contributed by atoms with Crippen molar-refractivity contribution < 1.29 is 13.2 Å². The van der Waals surface area contributed by atoms with Crippen molar-refractivity contribution in [2.45, 2.75) is 31.3 Å². The van der Waals surface area contributed by atoms with Crippen LogP contribution < -0.4 is 10.0 Å². The molecule has 0 unspecified atom stereocenters. The van der Waals surface area contributed by atoms with Gasteiger partial charge in [0, 0.05) is 30.5 Å². The summed E-state index contributed by atoms with van der Waals surface area (Å²) in [6.45, 7) is 3.88. The zero-order chi connectivity index (χ0) is 16.9. The van der Waals surface area contributed by atoms with Crippen LogP contribution in [0.15, 0.2) is 53.7 Å². The van der Waals surface area contributed by atoms with Gasteiger partial charge in [-0.1, -0.05) is 6.07 Å². The molecule has 122 valence electrons. The number of amides is 1. The van der Waals surface area contributed by atoms with E-state index in [-0.39, 0.29) is 23.4 Å². The van der Waals surface area contributed by atoms with Crippen LogP contribution in [0.4, 0.5) is 0 Å². The van der Waals surface area contributed by atoms with Gasteiger partial charge in [0.1, 0.15) is 0 Å². The first-order valence-electron chi connectivity index (χ1n) is 7.18. The Labute approximate surface area is 136 Å². The van der Waals surface area contributed by atoms with Crippen LogP contribution in [0.1, 0.15) is 29.8 Å². The van der Waals surface area contributed by atoms with Crippen LogP contribution in [-0.2, 0) is 16.6 Å². The fourth-order valence-electron chi connectivity index (χ4n) is 1.90. The zero-order valence-electron chi connectivity index (χ0n) is 13.0. The van der Waals surface area contributed by atoms with E-state index >= 15 is 0 Å². The Bertz CT molecular complexity index is 757. The highest BCUT2D eigenvalue weighted by molar-refractivity contribution is 7.89. The largest absolute Gasteiger partial charge is 0.350 e. The van der Waals surface area contributed by atoms with E-state index in [1.807, 2.05) is 13.8 Å². The van der Waals surface area contributed by atoms with Gasteiger partial charge in [-0.15, -0.1) is 0 Å². The van der Waals surface area contributed by atoms with Gasteiger partial charge in [-0.25, -0.2) is 13.1 Å². The first-order chi connectivity index (χ1) is 10.9. The molecule has 0 bridgehead atoms. The van der Waals surface area contributed by atoms with Gasteiger partial charge in [-0.05, 0) is 49.7 Å². The predicted octanol–water partition coefficient (Wildman–Crippen LogP) is 1.70. The average Bonchev–Trinajstić information content (AvgIpc) is 2.53. The van der Waals surface area contributed by atoms with Gasteiger partial charge in [-0.2, -0.15) is 0 Å². The first-order valence-corrected chi connectivity index (χ1v) is 8.66. The molecular formula is C16H19N3O3S. The standard InChI is InChI=1S/C16H19N3O3S/c1-12(2)19-16(20)14-5-7-15(8-6-14)23(21,22)18-11-13-4-3-9-17-10-13/h3-10,12,18H,11H2,1-2H3,(H,19,20). The maximum atomic E-state index is 12.2. The van der Waals surface area contributed by atoms with E-state index in [1.54, 1.807) is 24.5 Å². The highest BCUT2D eigenvalue weighted by Crippen LogP contribution is 2.11. The molecule has 2 rings (SSSR count). The summed E-state index contributed by atoms with van der Waals surface area (Å²) in [6.07, 6.45) is 3.22. The number of nitrogens with one attached hydrogen (secondary N) is 2. The predicted molar refractivity (Wildman–Crippen MR) is 87.3 cm³/mol. The minimum absolute atomic E-state index is 0.0204. The molecule has 0 aliphatic carbocycles. The SMILES string of the molecule is CC(C)NC(=O)c1ccc(S(=O)(=O)NCc2cccnc2)cc1. The Balaban J connectivity index is 2.07. The fraction of sp³-hybridized carbons (Fsp3) is 0.250. The second kappa shape index (κ2) is 7.34. The summed E-state index contributed by atoms with van der Waals surface area (Å²) in [5, 5.41) is 2.75. The number of hydrogen-bond donors (Lipinski definition) is 2. The van der Waals surface area contributed by atoms with Crippen LogP contribution >= 0.6 is 0 Å². The maximum absolute atomic E-state index is 12.2. The van der Waals surface area contributed by atoms with Crippen molar-refractivity contribution in [3.05, 3.63) is 59.9 Å². The summed E-state index contributed by atoms with van der Waals surface area (Å²) in [7, 11) is -3.63. The second-order valence-corrected chi connectivity index (χ2v) is 7.11. The van der Waals surface area contributed by atoms with Gasteiger partial charge >= 0.3 is 0 Å². The fourth-order valence-corrected chi connectivity index (χ4v) is 2.91. The lowest BCUT2D eigenvalue weighted by molar-refractivity contribution is 0.0943. The van der Waals surface area contributed by atoms with Crippen LogP contribution in [0.2, 0.25) is 0 Å². The zero-order valence-corrected chi connectivity index (χ0v) is 13.8. The van der Waals surface area contributed by atoms with Gasteiger partial charge < -0.3 is 5.32 Å². The van der Waals surface area contributed by atoms with Gasteiger partial charge in [0.2, 0.25) is 10.0 Å². The van der Waals surface area contributed by atoms with E-state index in [4.69, 9.17) is 0 Å². The minimum atomic E-state index is -3.63. The Morgan fingerprint density at radius 3 is 2.43 bits per heavy atom. The molecule has 1 aromatic heterocycles. The number of carbonyl (C=O) groups excluding carboxylic acids is 1. The highest BCUT2D eigenvalue weighted by Gasteiger charge is 2.15. The number of aromatic nitrogens is 1. The lowest BCUT2D eigenvalue weighted by Gasteiger charge is -2.10. The molecule has 0 fully saturated rings. The number of carbonyl (C=O) groups is 1. The highest BCUT2D eigenvalue weighted by atomic mass is 32.2. The molecule has 1 amide bonds. The topological polar surface area (TPSA) is 88.2 Å². The van der Waals surface area contributed by atoms with Crippen molar-refractivity contribution in [1.82, 2.24) is 15.0 Å². The van der Waals surface area contributed by atoms with Gasteiger partial charge in [0.05, 0.1) is 4.90 Å². The summed E-state index contributed by atoms with van der Waals surface area (Å²) in [5.41, 5.74) is 1.19. The molecule has 0 atom stereocenters. The molecule has 0 aliphatic heterocycles. The quantitative estimate of drug-likeness (QED) is 0.842. The van der Waals surface area contributed by atoms with E-state index in [0.717, 1.165) is 5.56 Å². The average molecular weight is 333 g/mol. The Hall–Kier alpha value is -2.25. The molecule has 7 heteroatoms. The number of hydrogen-bond acceptors (Lipinski definition) is 4. The third-order valence-electron chi connectivity index (χ3n) is 3.04. The molecular weight excluding hydrogens is 314 g/mol. The minimum Gasteiger partial charge on any atom is -0.350 e. The van der Waals surface area contributed by atoms with Gasteiger partial charge in [-0.3, -0.25) is 9.78 Å². The summed E-state index contributed by atoms with van der Waals surface area (Å²) in [4.78, 5) is 15.9. The molecule has 0 aliphatic rings. The number of sulfonamides is 1. The van der Waals surface area contributed by atoms with Crippen LogP contribution in [0.5, 0.6) is 0 Å². The van der Waals surface area contributed by atoms with Crippen molar-refractivity contribution >= 4 is 15.9 Å². The molecule has 23 heavy (non-hydrogen) atoms. The van der Waals surface area contributed by atoms with Crippen molar-refractivity contribution in [1.29, 1.82) is 0 Å². The Morgan fingerprint density at radius 1 is 1.17 bits per heavy atom. The van der Waals surface area contributed by atoms with Crippen molar-refractivity contribution in [3.8, 4) is 0 Å². The first kappa shape index (κ1) is 17.1. The van der Waals surface area contributed by atoms with E-state index in [1.165, 1.54) is 24.3 Å². The van der Waals surface area contributed by atoms with E-state index < -0.39 is 10.0 Å². The molecule has 0 saturated carbocycles. The van der Waals surface area contributed by atoms with E-state index in [2.05, 4.69) is 15.0 Å². The summed E-state index contributed by atoms with van der Waals surface area (Å²) >= 11 is 0. The van der Waals surface area contributed by atoms with Crippen molar-refractivity contribution in [2.75, 3.05) is 0 Å². The monoisotopic (exact) mass is 333 g/mol. The number of rotatable bonds is 6. The number of nitrogens with zero attached hydrogens (tertiary/aromatic N) is 1. The van der Waals surface area contributed by atoms with Gasteiger partial charge in [0.25, 0.3) is 5.91 Å². The van der Waals surface area contributed by atoms with E-state index in [9.17, 15) is 13.2 Å². The smallest absolute Gasteiger partial charge is 0.251 e. The molecule has 6 nitrogen and oxygen atoms in total. The second-order valence-electron chi connectivity index (χ2n) is 5.34. The number of benzene rings is 1. The molecule has 0 radical (unpaired) electrons. The molecule has 2 aromatic rings. The lowest BCUT2D eigenvalue weighted by Crippen LogP contribution is -2.30. The normalized spacial score (nSPS) is 11.4. The molecule has 2 N–H and O–H groups in total. The molecule has 0 saturated heterocycles. The van der Waals surface area contributed by atoms with Crippen LogP contribution in [-0.4, -0.2) is 25.4 Å². The van der Waals surface area contributed by atoms with Crippen LogP contribution in [0, 0.1) is 0 Å². The third-order valence-corrected chi connectivity index (χ3v) is 4.45. The van der Waals surface area contributed by atoms with Gasteiger partial charge in [0.15, 0.2) is 0 Å². The number of pyridine rings is 1. The Morgan fingerprint density at radius 2 is 1.87 bits per heavy atom. The van der Waals surface area contributed by atoms with Crippen LogP contribution in [0.3, 0.4) is 0 Å². The summed E-state index contributed by atoms with van der Waals surface area (Å²) in [5.74, 6) is -0.229. The van der Waals surface area contributed by atoms with Crippen molar-refractivity contribution in [3.63, 3.8) is 0 Å². The van der Waals surface area contributed by atoms with Crippen LogP contribution in [0.25, 0.3) is 0 Å². The lowest BCUT2D eigenvalue weighted by atomic mass is 10.2.